The Kier molecular flexibility index (Phi) is 17.8. The summed E-state index contributed by atoms with van der Waals surface area (Å²) < 4.78 is 10.8. The van der Waals surface area contributed by atoms with Gasteiger partial charge in [0.25, 0.3) is 0 Å². The molecule has 3 rings (SSSR count). The summed E-state index contributed by atoms with van der Waals surface area (Å²) in [4.78, 5) is 65.5. The van der Waals surface area contributed by atoms with Gasteiger partial charge in [-0.05, 0) is 45.1 Å². The number of nitrogens with one attached hydrogen (secondary N) is 6. The normalized spacial score (nSPS) is 28.2. The van der Waals surface area contributed by atoms with Gasteiger partial charge < -0.3 is 85.4 Å². The fourth-order valence-electron chi connectivity index (χ4n) is 6.31. The van der Waals surface area contributed by atoms with Crippen LogP contribution in [0.1, 0.15) is 57.8 Å². The van der Waals surface area contributed by atoms with Crippen LogP contribution >= 0.6 is 0 Å². The molecular weight excluding hydrogens is 700 g/mol. The van der Waals surface area contributed by atoms with Gasteiger partial charge in [0, 0.05) is 57.0 Å². The Morgan fingerprint density at radius 3 is 2.02 bits per heavy atom. The van der Waals surface area contributed by atoms with Gasteiger partial charge in [0.1, 0.15) is 18.2 Å². The first-order chi connectivity index (χ1) is 25.2. The second-order valence-electron chi connectivity index (χ2n) is 13.6. The summed E-state index contributed by atoms with van der Waals surface area (Å²) in [7, 11) is 0. The molecule has 0 aromatic heterocycles. The molecule has 0 radical (unpaired) electrons. The minimum Gasteiger partial charge on any atom is -0.441 e. The van der Waals surface area contributed by atoms with Gasteiger partial charge in [0.05, 0.1) is 18.8 Å². The number of fused-ring (bicyclic) bond motifs is 1. The second kappa shape index (κ2) is 21.7. The third-order valence-corrected chi connectivity index (χ3v) is 9.11. The van der Waals surface area contributed by atoms with Gasteiger partial charge in [0.2, 0.25) is 23.6 Å². The number of nitrogens with zero attached hydrogens (tertiary/aromatic N) is 1. The summed E-state index contributed by atoms with van der Waals surface area (Å²) >= 11 is 0. The zero-order valence-corrected chi connectivity index (χ0v) is 29.8. The Hall–Kier alpha value is -3.90. The van der Waals surface area contributed by atoms with E-state index >= 15 is 0 Å². The van der Waals surface area contributed by atoms with E-state index in [4.69, 9.17) is 38.1 Å². The number of rotatable bonds is 21. The number of ether oxygens (including phenoxy) is 2. The predicted octanol–water partition coefficient (Wildman–Crippen LogP) is -6.53. The number of primary amides is 1. The zero-order valence-electron chi connectivity index (χ0n) is 29.8. The summed E-state index contributed by atoms with van der Waals surface area (Å²) in [6.07, 6.45) is -4.27. The molecule has 22 heteroatoms. The van der Waals surface area contributed by atoms with E-state index in [1.54, 1.807) is 0 Å². The molecule has 0 spiro atoms. The smallest absolute Gasteiger partial charge is 0.404 e. The van der Waals surface area contributed by atoms with Crippen molar-refractivity contribution >= 4 is 35.7 Å². The van der Waals surface area contributed by atoms with Crippen molar-refractivity contribution in [2.45, 2.75) is 125 Å². The largest absolute Gasteiger partial charge is 0.441 e. The minimum absolute atomic E-state index is 0.0174. The van der Waals surface area contributed by atoms with E-state index in [1.807, 2.05) is 0 Å². The Morgan fingerprint density at radius 1 is 0.925 bits per heavy atom. The van der Waals surface area contributed by atoms with Gasteiger partial charge in [-0.25, -0.2) is 9.79 Å². The average Bonchev–Trinajstić information content (AvgIpc) is 3.53. The first-order valence-electron chi connectivity index (χ1n) is 18.0. The lowest BCUT2D eigenvalue weighted by molar-refractivity contribution is -0.198. The molecule has 3 heterocycles. The highest BCUT2D eigenvalue weighted by atomic mass is 16.6. The number of β-amino-alcohol motifs (C(OH)–C–C–N with tert-alkyl or cyclic N) is 1. The van der Waals surface area contributed by atoms with Gasteiger partial charge in [-0.15, -0.1) is 0 Å². The standard InChI is InChI=1S/C31H58N12O10/c32-7-1-4-15(33)10-20(46)37-8-2-5-16(34)11-21(47)38-9-3-6-17(35)12-22(48)40-25-26(49)27(53-30(36)51)19(14-44)52-29(25)43-31-41-23-18(45)13-39-28(50)24(23)42-31/h15-19,23-27,29,44-45,49H,1-14,32-35H2,(H2,36,51)(H,37,46)(H,38,47)(H,39,50)(H,40,48)(H2,41,42,43)/t15-,16-,17-,18+,19+,23-,24-,25+,26-,27-,29+/m0/s1. The minimum atomic E-state index is -1.62. The van der Waals surface area contributed by atoms with Crippen molar-refractivity contribution in [2.24, 2.45) is 33.7 Å². The molecule has 0 aliphatic carbocycles. The van der Waals surface area contributed by atoms with Gasteiger partial charge >= 0.3 is 6.09 Å². The molecule has 19 N–H and O–H groups in total. The molecule has 302 valence electrons. The first-order valence-corrected chi connectivity index (χ1v) is 18.0. The molecule has 2 saturated heterocycles. The van der Waals surface area contributed by atoms with Crippen molar-refractivity contribution in [2.75, 3.05) is 32.8 Å². The summed E-state index contributed by atoms with van der Waals surface area (Å²) in [5.74, 6) is -1.36. The topological polar surface area (TPSA) is 379 Å². The molecule has 53 heavy (non-hydrogen) atoms. The Morgan fingerprint density at radius 2 is 1.49 bits per heavy atom. The Bertz CT molecular complexity index is 1260. The van der Waals surface area contributed by atoms with Crippen molar-refractivity contribution in [1.82, 2.24) is 31.9 Å². The highest BCUT2D eigenvalue weighted by Gasteiger charge is 2.49. The molecule has 5 amide bonds. The predicted molar refractivity (Wildman–Crippen MR) is 189 cm³/mol. The summed E-state index contributed by atoms with van der Waals surface area (Å²) in [6, 6.07) is -4.24. The maximum absolute atomic E-state index is 13.1. The fourth-order valence-corrected chi connectivity index (χ4v) is 6.31. The van der Waals surface area contributed by atoms with Crippen LogP contribution in [0, 0.1) is 0 Å². The number of aliphatic hydroxyl groups is 3. The highest BCUT2D eigenvalue weighted by Crippen LogP contribution is 2.24. The molecule has 3 aliphatic heterocycles. The van der Waals surface area contributed by atoms with Crippen LogP contribution in [0.2, 0.25) is 0 Å². The molecular formula is C31H58N12O10. The van der Waals surface area contributed by atoms with Crippen molar-refractivity contribution in [3.05, 3.63) is 0 Å². The van der Waals surface area contributed by atoms with E-state index in [1.165, 1.54) is 0 Å². The summed E-state index contributed by atoms with van der Waals surface area (Å²) in [5, 5.41) is 47.9. The van der Waals surface area contributed by atoms with Crippen LogP contribution in [-0.4, -0.2) is 151 Å². The van der Waals surface area contributed by atoms with Gasteiger partial charge in [-0.3, -0.25) is 19.2 Å². The molecule has 11 atom stereocenters. The van der Waals surface area contributed by atoms with Crippen LogP contribution in [-0.2, 0) is 28.7 Å². The van der Waals surface area contributed by atoms with E-state index < -0.39 is 85.4 Å². The number of carbonyl (C=O) groups excluding carboxylic acids is 5. The van der Waals surface area contributed by atoms with Crippen LogP contribution < -0.4 is 60.6 Å². The third kappa shape index (κ3) is 14.1. The number of aliphatic imine (C=N–C) groups is 1. The van der Waals surface area contributed by atoms with Gasteiger partial charge in [-0.2, -0.15) is 0 Å². The lowest BCUT2D eigenvalue weighted by atomic mass is 9.95. The Labute approximate surface area is 307 Å². The lowest BCUT2D eigenvalue weighted by Crippen LogP contribution is -2.70. The van der Waals surface area contributed by atoms with Crippen molar-refractivity contribution in [3.8, 4) is 0 Å². The van der Waals surface area contributed by atoms with E-state index in [-0.39, 0.29) is 49.6 Å². The van der Waals surface area contributed by atoms with Crippen LogP contribution in [0.5, 0.6) is 0 Å². The molecule has 3 aliphatic rings. The van der Waals surface area contributed by atoms with Crippen LogP contribution in [0.3, 0.4) is 0 Å². The zero-order chi connectivity index (χ0) is 39.1. The molecule has 0 saturated carbocycles. The van der Waals surface area contributed by atoms with Crippen LogP contribution in [0.15, 0.2) is 4.99 Å². The van der Waals surface area contributed by atoms with E-state index in [2.05, 4.69) is 36.9 Å². The molecule has 0 aromatic rings. The van der Waals surface area contributed by atoms with E-state index in [9.17, 15) is 39.3 Å². The SMILES string of the molecule is NCCC[C@H](N)CC(=O)NCCC[C@H](N)CC(=O)NCCC[C@H](N)CC(=O)N[C@@H]1[C@H](O)[C@@H](OC(N)=O)[C@@H](CO)O[C@H]1NC1=N[C@@H]2C(=O)NC[C@@H](O)[C@@H]2N1. The maximum Gasteiger partial charge on any atom is 0.404 e. The summed E-state index contributed by atoms with van der Waals surface area (Å²) in [6.45, 7) is 0.570. The van der Waals surface area contributed by atoms with E-state index in [0.717, 1.165) is 6.42 Å². The average molecular weight is 759 g/mol. The highest BCUT2D eigenvalue weighted by molar-refractivity contribution is 5.92. The number of hydrogen-bond donors (Lipinski definition) is 14. The fraction of sp³-hybridized carbons (Fsp3) is 0.806. The number of piperidine rings is 1. The molecule has 2 fully saturated rings. The molecule has 0 aromatic carbocycles. The number of hydrogen-bond acceptors (Lipinski definition) is 17. The van der Waals surface area contributed by atoms with Gasteiger partial charge in [-0.1, -0.05) is 0 Å². The lowest BCUT2D eigenvalue weighted by Gasteiger charge is -2.44. The number of guanidine groups is 1. The second-order valence-corrected chi connectivity index (χ2v) is 13.6. The number of amides is 5. The van der Waals surface area contributed by atoms with Gasteiger partial charge in [0.15, 0.2) is 24.3 Å². The van der Waals surface area contributed by atoms with Crippen LogP contribution in [0.25, 0.3) is 0 Å². The van der Waals surface area contributed by atoms with E-state index in [0.29, 0.717) is 51.7 Å². The molecule has 0 bridgehead atoms. The first kappa shape index (κ1) is 43.5. The third-order valence-electron chi connectivity index (χ3n) is 9.11. The summed E-state index contributed by atoms with van der Waals surface area (Å²) in [5.41, 5.74) is 28.8. The monoisotopic (exact) mass is 758 g/mol. The van der Waals surface area contributed by atoms with Crippen molar-refractivity contribution in [3.63, 3.8) is 0 Å². The molecule has 0 unspecified atom stereocenters. The Balaban J connectivity index is 1.42. The number of carbonyl (C=O) groups is 5. The van der Waals surface area contributed by atoms with Crippen molar-refractivity contribution < 1.29 is 48.8 Å². The number of aliphatic hydroxyl groups excluding tert-OH is 3. The van der Waals surface area contributed by atoms with Crippen LogP contribution in [0.4, 0.5) is 4.79 Å². The molecule has 22 nitrogen and oxygen atoms in total. The number of nitrogens with two attached hydrogens (primary N) is 5. The maximum atomic E-state index is 13.1. The quantitative estimate of drug-likeness (QED) is 0.0484. The van der Waals surface area contributed by atoms with Crippen molar-refractivity contribution in [1.29, 1.82) is 0 Å².